The Hall–Kier alpha value is -3.70. The molecule has 2 unspecified atom stereocenters. The highest BCUT2D eigenvalue weighted by Gasteiger charge is 2.38. The van der Waals surface area contributed by atoms with Crippen molar-refractivity contribution in [2.45, 2.75) is 25.6 Å². The van der Waals surface area contributed by atoms with Gasteiger partial charge in [-0.25, -0.2) is 4.39 Å². The van der Waals surface area contributed by atoms with E-state index >= 15 is 0 Å². The molecule has 2 N–H and O–H groups in total. The van der Waals surface area contributed by atoms with Crippen molar-refractivity contribution < 1.29 is 23.5 Å². The van der Waals surface area contributed by atoms with E-state index in [1.165, 1.54) is 34.1 Å². The van der Waals surface area contributed by atoms with Crippen LogP contribution in [0.5, 0.6) is 5.75 Å². The summed E-state index contributed by atoms with van der Waals surface area (Å²) in [6.07, 6.45) is 0. The molecule has 0 bridgehead atoms. The van der Waals surface area contributed by atoms with Gasteiger partial charge in [0, 0.05) is 20.6 Å². The van der Waals surface area contributed by atoms with E-state index in [4.69, 9.17) is 16.3 Å². The molecule has 3 amide bonds. The number of hydrogen-bond donors (Lipinski definition) is 2. The van der Waals surface area contributed by atoms with Crippen molar-refractivity contribution in [2.24, 2.45) is 0 Å². The zero-order chi connectivity index (χ0) is 30.8. The van der Waals surface area contributed by atoms with Gasteiger partial charge in [0.2, 0.25) is 5.91 Å². The maximum atomic E-state index is 14.4. The number of carbonyl (C=O) groups excluding carboxylic acids is 3. The smallest absolute Gasteiger partial charge is 0.258 e. The van der Waals surface area contributed by atoms with E-state index in [2.05, 4.69) is 26.6 Å². The predicted molar refractivity (Wildman–Crippen MR) is 177 cm³/mol. The summed E-state index contributed by atoms with van der Waals surface area (Å²) in [6.45, 7) is 1.56. The number of halogens is 4. The van der Waals surface area contributed by atoms with Crippen molar-refractivity contribution in [2.75, 3.05) is 30.5 Å². The number of benzene rings is 4. The van der Waals surface area contributed by atoms with Crippen molar-refractivity contribution in [3.63, 3.8) is 0 Å². The summed E-state index contributed by atoms with van der Waals surface area (Å²) in [4.78, 5) is 44.3. The Morgan fingerprint density at radius 2 is 1.80 bits per heavy atom. The zero-order valence-electron chi connectivity index (χ0n) is 24.1. The van der Waals surface area contributed by atoms with Gasteiger partial charge in [-0.2, -0.15) is 0 Å². The van der Waals surface area contributed by atoms with Crippen LogP contribution >= 0.6 is 39.9 Å². The third-order valence-electron chi connectivity index (χ3n) is 7.51. The highest BCUT2D eigenvalue weighted by Crippen LogP contribution is 2.39. The topological polar surface area (TPSA) is 91.0 Å². The second kappa shape index (κ2) is 13.9. The average molecular weight is 704 g/mol. The molecule has 2 atom stereocenters. The van der Waals surface area contributed by atoms with Gasteiger partial charge in [-0.3, -0.25) is 14.4 Å². The average Bonchev–Trinajstić information content (AvgIpc) is 3.10. The summed E-state index contributed by atoms with van der Waals surface area (Å²) < 4.78 is 20.3. The maximum absolute atomic E-state index is 14.4. The van der Waals surface area contributed by atoms with E-state index in [9.17, 15) is 18.8 Å². The van der Waals surface area contributed by atoms with Gasteiger partial charge < -0.3 is 25.2 Å². The second-order valence-corrected chi connectivity index (χ2v) is 11.5. The van der Waals surface area contributed by atoms with Crippen LogP contribution in [0.3, 0.4) is 0 Å². The fraction of sp³-hybridized carbons (Fsp3) is 0.219. The minimum Gasteiger partial charge on any atom is -0.496 e. The number of hydrogen-bond acceptors (Lipinski definition) is 5. The number of anilines is 2. The summed E-state index contributed by atoms with van der Waals surface area (Å²) in [5.74, 6) is -1.23. The maximum Gasteiger partial charge on any atom is 0.258 e. The molecule has 1 aliphatic rings. The number of rotatable bonds is 7. The lowest BCUT2D eigenvalue weighted by Gasteiger charge is -2.27. The molecule has 4 aromatic rings. The lowest BCUT2D eigenvalue weighted by Crippen LogP contribution is -2.55. The molecule has 1 aliphatic heterocycles. The van der Waals surface area contributed by atoms with Crippen molar-refractivity contribution in [3.05, 3.63) is 99.2 Å². The fourth-order valence-electron chi connectivity index (χ4n) is 5.10. The third-order valence-corrected chi connectivity index (χ3v) is 8.24. The van der Waals surface area contributed by atoms with Crippen molar-refractivity contribution in [1.29, 1.82) is 0 Å². The first-order valence-electron chi connectivity index (χ1n) is 13.5. The van der Waals surface area contributed by atoms with Crippen LogP contribution in [0.15, 0.2) is 77.3 Å². The van der Waals surface area contributed by atoms with Crippen LogP contribution in [0.25, 0.3) is 10.8 Å². The van der Waals surface area contributed by atoms with E-state index < -0.39 is 35.6 Å². The molecule has 12 heteroatoms. The predicted octanol–water partition coefficient (Wildman–Crippen LogP) is 6.11. The third kappa shape index (κ3) is 6.68. The van der Waals surface area contributed by atoms with Gasteiger partial charge >= 0.3 is 0 Å². The zero-order valence-corrected chi connectivity index (χ0v) is 27.2. The van der Waals surface area contributed by atoms with Crippen LogP contribution in [-0.4, -0.2) is 50.5 Å². The number of nitrogens with zero attached hydrogens (tertiary/aromatic N) is 2. The number of carbonyl (C=O) groups is 3. The molecular weight excluding hydrogens is 674 g/mol. The molecule has 8 nitrogen and oxygen atoms in total. The molecule has 5 rings (SSSR count). The summed E-state index contributed by atoms with van der Waals surface area (Å²) in [7, 11) is 3.20. The Bertz CT molecular complexity index is 1720. The molecule has 0 radical (unpaired) electrons. The number of amides is 3. The van der Waals surface area contributed by atoms with Crippen LogP contribution in [0.2, 0.25) is 5.02 Å². The Balaban J connectivity index is 0.00000442. The van der Waals surface area contributed by atoms with Crippen LogP contribution < -0.4 is 25.2 Å². The van der Waals surface area contributed by atoms with Gasteiger partial charge in [0.05, 0.1) is 37.6 Å². The SMILES string of the molecule is CNC(C)C(=O)NC1CN(C(=O)c2ccc(F)cc2)c2cc(Cl)ccc2N(Cc2c(OC)ccc3cc(Br)ccc23)C1=O.Cl. The van der Waals surface area contributed by atoms with Crippen LogP contribution in [-0.2, 0) is 16.1 Å². The number of ether oxygens (including phenoxy) is 1. The van der Waals surface area contributed by atoms with Crippen LogP contribution in [0.4, 0.5) is 15.8 Å². The molecule has 230 valence electrons. The van der Waals surface area contributed by atoms with Crippen molar-refractivity contribution >= 4 is 79.8 Å². The number of methoxy groups -OCH3 is 1. The van der Waals surface area contributed by atoms with Gasteiger partial charge in [0.25, 0.3) is 11.8 Å². The summed E-state index contributed by atoms with van der Waals surface area (Å²) in [5.41, 5.74) is 1.74. The normalized spacial score (nSPS) is 15.2. The van der Waals surface area contributed by atoms with Crippen LogP contribution in [0, 0.1) is 5.82 Å². The van der Waals surface area contributed by atoms with Gasteiger partial charge in [-0.05, 0) is 85.4 Å². The van der Waals surface area contributed by atoms with Gasteiger partial charge in [0.1, 0.15) is 17.6 Å². The first-order chi connectivity index (χ1) is 20.6. The van der Waals surface area contributed by atoms with Gasteiger partial charge in [-0.15, -0.1) is 12.4 Å². The minimum absolute atomic E-state index is 0. The molecule has 4 aromatic carbocycles. The number of likely N-dealkylation sites (N-methyl/N-ethyl adjacent to an activating group) is 1. The van der Waals surface area contributed by atoms with Gasteiger partial charge in [-0.1, -0.05) is 39.7 Å². The standard InChI is InChI=1S/C32H29BrClFN4O4.ClH/c1-18(36-2)30(40)37-26-17-39(31(41)19-4-9-23(35)10-5-19)28-15-22(34)8-12-27(28)38(32(26)42)16-25-24-11-7-21(33)14-20(24)6-13-29(25)43-3;/h4-15,18,26,36H,16-17H2,1-3H3,(H,37,40);1H. The van der Waals surface area contributed by atoms with E-state index in [0.29, 0.717) is 22.1 Å². The van der Waals surface area contributed by atoms with E-state index in [0.717, 1.165) is 20.8 Å². The molecular formula is C32H30BrCl2FN4O4. The van der Waals surface area contributed by atoms with E-state index in [1.807, 2.05) is 30.3 Å². The molecule has 0 aliphatic carbocycles. The lowest BCUT2D eigenvalue weighted by molar-refractivity contribution is -0.128. The Kier molecular flexibility index (Phi) is 10.5. The molecule has 0 spiro atoms. The molecule has 44 heavy (non-hydrogen) atoms. The first-order valence-corrected chi connectivity index (χ1v) is 14.7. The van der Waals surface area contributed by atoms with Crippen molar-refractivity contribution in [3.8, 4) is 5.75 Å². The largest absolute Gasteiger partial charge is 0.496 e. The Morgan fingerprint density at radius 3 is 2.48 bits per heavy atom. The highest BCUT2D eigenvalue weighted by atomic mass is 79.9. The molecule has 0 saturated carbocycles. The summed E-state index contributed by atoms with van der Waals surface area (Å²) in [6, 6.07) is 18.0. The quantitative estimate of drug-likeness (QED) is 0.243. The number of fused-ring (bicyclic) bond motifs is 2. The van der Waals surface area contributed by atoms with E-state index in [-0.39, 0.29) is 31.1 Å². The Morgan fingerprint density at radius 1 is 1.07 bits per heavy atom. The molecule has 0 aromatic heterocycles. The Labute approximate surface area is 274 Å². The number of nitrogens with one attached hydrogen (secondary N) is 2. The van der Waals surface area contributed by atoms with Gasteiger partial charge in [0.15, 0.2) is 0 Å². The molecule has 1 heterocycles. The second-order valence-electron chi connectivity index (χ2n) is 10.2. The summed E-state index contributed by atoms with van der Waals surface area (Å²) in [5, 5.41) is 7.86. The van der Waals surface area contributed by atoms with Crippen LogP contribution in [0.1, 0.15) is 22.8 Å². The minimum atomic E-state index is -1.12. The lowest BCUT2D eigenvalue weighted by atomic mass is 10.0. The molecule has 0 saturated heterocycles. The van der Waals surface area contributed by atoms with E-state index in [1.54, 1.807) is 39.3 Å². The highest BCUT2D eigenvalue weighted by molar-refractivity contribution is 9.10. The molecule has 0 fully saturated rings. The summed E-state index contributed by atoms with van der Waals surface area (Å²) >= 11 is 9.96. The monoisotopic (exact) mass is 702 g/mol. The first kappa shape index (κ1) is 33.2. The van der Waals surface area contributed by atoms with Crippen molar-refractivity contribution in [1.82, 2.24) is 10.6 Å². The fourth-order valence-corrected chi connectivity index (χ4v) is 5.65.